The van der Waals surface area contributed by atoms with Crippen LogP contribution in [-0.2, 0) is 0 Å². The van der Waals surface area contributed by atoms with Crippen molar-refractivity contribution in [2.75, 3.05) is 5.32 Å². The molecular weight excluding hydrogens is 433 g/mol. The van der Waals surface area contributed by atoms with Crippen LogP contribution < -0.4 is 10.6 Å². The molecule has 3 N–H and O–H groups in total. The molecule has 2 aromatic carbocycles. The zero-order chi connectivity index (χ0) is 17.0. The number of benzene rings is 2. The molecule has 0 radical (unpaired) electrons. The van der Waals surface area contributed by atoms with Gasteiger partial charge in [0.1, 0.15) is 5.75 Å². The first-order valence-electron chi connectivity index (χ1n) is 6.22. The second kappa shape index (κ2) is 7.33. The first kappa shape index (κ1) is 17.1. The SMILES string of the molecule is O=C(NC(=S)Nc1cc([N+](=O)[O-])ccc1O)c1cccc(I)c1. The second-order valence-electron chi connectivity index (χ2n) is 4.38. The Bertz CT molecular complexity index is 797. The van der Waals surface area contributed by atoms with Gasteiger partial charge in [-0.2, -0.15) is 0 Å². The molecule has 0 bridgehead atoms. The molecule has 0 aliphatic carbocycles. The van der Waals surface area contributed by atoms with E-state index in [9.17, 15) is 20.0 Å². The number of non-ortho nitro benzene ring substituents is 1. The highest BCUT2D eigenvalue weighted by atomic mass is 127. The molecule has 2 rings (SSSR count). The topological polar surface area (TPSA) is 104 Å². The van der Waals surface area contributed by atoms with E-state index in [1.807, 2.05) is 6.07 Å². The van der Waals surface area contributed by atoms with E-state index in [0.29, 0.717) is 5.56 Å². The first-order valence-corrected chi connectivity index (χ1v) is 7.71. The van der Waals surface area contributed by atoms with Crippen LogP contribution in [0.25, 0.3) is 0 Å². The molecule has 0 heterocycles. The average Bonchev–Trinajstić information content (AvgIpc) is 2.49. The van der Waals surface area contributed by atoms with Crippen molar-refractivity contribution in [2.24, 2.45) is 0 Å². The lowest BCUT2D eigenvalue weighted by Crippen LogP contribution is -2.34. The van der Waals surface area contributed by atoms with Gasteiger partial charge in [0.05, 0.1) is 10.6 Å². The standard InChI is InChI=1S/C14H10IN3O4S/c15-9-3-1-2-8(6-9)13(20)17-14(23)16-11-7-10(18(21)22)4-5-12(11)19/h1-7,19H,(H2,16,17,20,23). The number of carbonyl (C=O) groups excluding carboxylic acids is 1. The molecular formula is C14H10IN3O4S. The molecule has 9 heteroatoms. The predicted octanol–water partition coefficient (Wildman–Crippen LogP) is 3.03. The third-order valence-corrected chi connectivity index (χ3v) is 3.63. The zero-order valence-corrected chi connectivity index (χ0v) is 14.4. The van der Waals surface area contributed by atoms with Crippen molar-refractivity contribution in [3.8, 4) is 5.75 Å². The number of thiocarbonyl (C=S) groups is 1. The number of phenolic OH excluding ortho intramolecular Hbond substituents is 1. The van der Waals surface area contributed by atoms with Gasteiger partial charge in [-0.15, -0.1) is 0 Å². The Labute approximate surface area is 150 Å². The molecule has 0 atom stereocenters. The number of nitrogens with zero attached hydrogens (tertiary/aromatic N) is 1. The summed E-state index contributed by atoms with van der Waals surface area (Å²) in [5.41, 5.74) is 0.244. The van der Waals surface area contributed by atoms with E-state index in [-0.39, 0.29) is 22.2 Å². The number of hydrogen-bond donors (Lipinski definition) is 3. The molecule has 7 nitrogen and oxygen atoms in total. The number of nitro groups is 1. The summed E-state index contributed by atoms with van der Waals surface area (Å²) in [5, 5.41) is 25.4. The zero-order valence-electron chi connectivity index (χ0n) is 11.4. The Morgan fingerprint density at radius 1 is 1.26 bits per heavy atom. The van der Waals surface area contributed by atoms with Crippen molar-refractivity contribution in [1.29, 1.82) is 0 Å². The van der Waals surface area contributed by atoms with Crippen molar-refractivity contribution < 1.29 is 14.8 Å². The molecule has 0 spiro atoms. The van der Waals surface area contributed by atoms with Crippen LogP contribution >= 0.6 is 34.8 Å². The number of rotatable bonds is 3. The summed E-state index contributed by atoms with van der Waals surface area (Å²) in [7, 11) is 0. The minimum absolute atomic E-state index is 0.0344. The lowest BCUT2D eigenvalue weighted by molar-refractivity contribution is -0.384. The number of phenols is 1. The van der Waals surface area contributed by atoms with E-state index in [1.165, 1.54) is 6.07 Å². The van der Waals surface area contributed by atoms with Crippen molar-refractivity contribution in [3.05, 3.63) is 61.7 Å². The van der Waals surface area contributed by atoms with Crippen LogP contribution in [0.5, 0.6) is 5.75 Å². The molecule has 0 aliphatic rings. The predicted molar refractivity (Wildman–Crippen MR) is 97.6 cm³/mol. The van der Waals surface area contributed by atoms with Gasteiger partial charge in [-0.05, 0) is 59.1 Å². The van der Waals surface area contributed by atoms with Crippen LogP contribution in [0.15, 0.2) is 42.5 Å². The second-order valence-corrected chi connectivity index (χ2v) is 6.03. The molecule has 0 unspecified atom stereocenters. The van der Waals surface area contributed by atoms with Crippen molar-refractivity contribution in [3.63, 3.8) is 0 Å². The quantitative estimate of drug-likeness (QED) is 0.222. The van der Waals surface area contributed by atoms with E-state index >= 15 is 0 Å². The van der Waals surface area contributed by atoms with E-state index in [1.54, 1.807) is 18.2 Å². The summed E-state index contributed by atoms with van der Waals surface area (Å²) in [6.45, 7) is 0. The summed E-state index contributed by atoms with van der Waals surface area (Å²) >= 11 is 7.07. The minimum atomic E-state index is -0.599. The molecule has 2 aromatic rings. The first-order chi connectivity index (χ1) is 10.9. The molecule has 1 amide bonds. The van der Waals surface area contributed by atoms with Crippen LogP contribution in [0.2, 0.25) is 0 Å². The number of hydrogen-bond acceptors (Lipinski definition) is 5. The fraction of sp³-hybridized carbons (Fsp3) is 0. The van der Waals surface area contributed by atoms with E-state index in [2.05, 4.69) is 33.2 Å². The summed E-state index contributed by atoms with van der Waals surface area (Å²) < 4.78 is 0.894. The van der Waals surface area contributed by atoms with Crippen LogP contribution in [-0.4, -0.2) is 21.0 Å². The van der Waals surface area contributed by atoms with Crippen LogP contribution in [0.1, 0.15) is 10.4 Å². The van der Waals surface area contributed by atoms with Gasteiger partial charge in [0, 0.05) is 21.3 Å². The Hall–Kier alpha value is -2.27. The molecule has 0 aliphatic heterocycles. The molecule has 0 fully saturated rings. The van der Waals surface area contributed by atoms with Gasteiger partial charge in [-0.25, -0.2) is 0 Å². The maximum atomic E-state index is 12.0. The fourth-order valence-corrected chi connectivity index (χ4v) is 2.44. The maximum absolute atomic E-state index is 12.0. The molecule has 23 heavy (non-hydrogen) atoms. The van der Waals surface area contributed by atoms with Crippen molar-refractivity contribution >= 4 is 57.2 Å². The fourth-order valence-electron chi connectivity index (χ4n) is 1.70. The third-order valence-electron chi connectivity index (χ3n) is 2.75. The van der Waals surface area contributed by atoms with Gasteiger partial charge in [-0.1, -0.05) is 6.07 Å². The van der Waals surface area contributed by atoms with Gasteiger partial charge >= 0.3 is 0 Å². The average molecular weight is 443 g/mol. The largest absolute Gasteiger partial charge is 0.506 e. The number of nitrogens with one attached hydrogen (secondary N) is 2. The van der Waals surface area contributed by atoms with Crippen LogP contribution in [0.4, 0.5) is 11.4 Å². The highest BCUT2D eigenvalue weighted by Crippen LogP contribution is 2.27. The third kappa shape index (κ3) is 4.60. The highest BCUT2D eigenvalue weighted by molar-refractivity contribution is 14.1. The number of anilines is 1. The van der Waals surface area contributed by atoms with Gasteiger partial charge in [0.15, 0.2) is 5.11 Å². The summed E-state index contributed by atoms with van der Waals surface area (Å²) in [6.07, 6.45) is 0. The van der Waals surface area contributed by atoms with E-state index in [0.717, 1.165) is 15.7 Å². The number of nitro benzene ring substituents is 1. The van der Waals surface area contributed by atoms with Gasteiger partial charge in [-0.3, -0.25) is 20.2 Å². The summed E-state index contributed by atoms with van der Waals surface area (Å²) in [6, 6.07) is 10.3. The summed E-state index contributed by atoms with van der Waals surface area (Å²) in [5.74, 6) is -0.646. The Balaban J connectivity index is 2.09. The molecule has 118 valence electrons. The normalized spacial score (nSPS) is 9.96. The Morgan fingerprint density at radius 2 is 2.00 bits per heavy atom. The van der Waals surface area contributed by atoms with Gasteiger partial charge in [0.25, 0.3) is 11.6 Å². The van der Waals surface area contributed by atoms with Gasteiger partial charge < -0.3 is 10.4 Å². The van der Waals surface area contributed by atoms with Gasteiger partial charge in [0.2, 0.25) is 0 Å². The number of aromatic hydroxyl groups is 1. The molecule has 0 saturated carbocycles. The Morgan fingerprint density at radius 3 is 2.65 bits per heavy atom. The van der Waals surface area contributed by atoms with Crippen molar-refractivity contribution in [1.82, 2.24) is 5.32 Å². The smallest absolute Gasteiger partial charge is 0.271 e. The number of amides is 1. The van der Waals surface area contributed by atoms with Crippen molar-refractivity contribution in [2.45, 2.75) is 0 Å². The lowest BCUT2D eigenvalue weighted by Gasteiger charge is -2.11. The summed E-state index contributed by atoms with van der Waals surface area (Å²) in [4.78, 5) is 22.2. The lowest BCUT2D eigenvalue weighted by atomic mass is 10.2. The Kier molecular flexibility index (Phi) is 5.45. The van der Waals surface area contributed by atoms with E-state index < -0.39 is 10.8 Å². The van der Waals surface area contributed by atoms with Crippen LogP contribution in [0, 0.1) is 13.7 Å². The van der Waals surface area contributed by atoms with Crippen LogP contribution in [0.3, 0.4) is 0 Å². The number of halogens is 1. The minimum Gasteiger partial charge on any atom is -0.506 e. The highest BCUT2D eigenvalue weighted by Gasteiger charge is 2.13. The molecule has 0 aromatic heterocycles. The molecule has 0 saturated heterocycles. The maximum Gasteiger partial charge on any atom is 0.271 e. The number of carbonyl (C=O) groups is 1. The monoisotopic (exact) mass is 443 g/mol. The van der Waals surface area contributed by atoms with E-state index in [4.69, 9.17) is 12.2 Å².